The van der Waals surface area contributed by atoms with Crippen LogP contribution in [0.15, 0.2) is 71.1 Å². The molecule has 0 aliphatic carbocycles. The Morgan fingerprint density at radius 3 is 2.45 bits per heavy atom. The third-order valence-electron chi connectivity index (χ3n) is 5.98. The SMILES string of the molecule is COc1cc2c(cc1OC)CN(C(=O)c1ccc(COc3ccc4ccccc4c3)o1)CC2. The number of rotatable bonds is 6. The molecule has 0 N–H and O–H groups in total. The average Bonchev–Trinajstić information content (AvgIpc) is 3.34. The molecule has 0 unspecified atom stereocenters. The molecular formula is C27H25NO5. The molecule has 3 aromatic carbocycles. The van der Waals surface area contributed by atoms with Gasteiger partial charge in [0, 0.05) is 13.1 Å². The maximum atomic E-state index is 13.1. The van der Waals surface area contributed by atoms with Gasteiger partial charge in [0.1, 0.15) is 18.1 Å². The van der Waals surface area contributed by atoms with Crippen molar-refractivity contribution in [3.63, 3.8) is 0 Å². The maximum Gasteiger partial charge on any atom is 0.289 e. The standard InChI is InChI=1S/C27H25NO5/c1-30-25-14-20-11-12-28(16-21(20)15-26(25)31-2)27(29)24-10-9-23(33-24)17-32-22-8-7-18-5-3-4-6-19(18)13-22/h3-10,13-15H,11-12,16-17H2,1-2H3. The molecule has 0 fully saturated rings. The van der Waals surface area contributed by atoms with E-state index in [2.05, 4.69) is 6.07 Å². The summed E-state index contributed by atoms with van der Waals surface area (Å²) >= 11 is 0. The van der Waals surface area contributed by atoms with Crippen molar-refractivity contribution in [2.75, 3.05) is 20.8 Å². The largest absolute Gasteiger partial charge is 0.493 e. The van der Waals surface area contributed by atoms with Crippen LogP contribution in [0.25, 0.3) is 10.8 Å². The number of benzene rings is 3. The van der Waals surface area contributed by atoms with E-state index in [4.69, 9.17) is 18.6 Å². The van der Waals surface area contributed by atoms with Crippen molar-refractivity contribution in [2.24, 2.45) is 0 Å². The van der Waals surface area contributed by atoms with E-state index < -0.39 is 0 Å². The van der Waals surface area contributed by atoms with Gasteiger partial charge in [-0.2, -0.15) is 0 Å². The Morgan fingerprint density at radius 2 is 1.67 bits per heavy atom. The van der Waals surface area contributed by atoms with Gasteiger partial charge in [0.2, 0.25) is 0 Å². The number of furan rings is 1. The zero-order chi connectivity index (χ0) is 22.8. The molecule has 2 heterocycles. The second kappa shape index (κ2) is 8.90. The van der Waals surface area contributed by atoms with Crippen LogP contribution in [0.1, 0.15) is 27.4 Å². The second-order valence-electron chi connectivity index (χ2n) is 8.02. The maximum absolute atomic E-state index is 13.1. The van der Waals surface area contributed by atoms with E-state index in [0.717, 1.165) is 28.5 Å². The van der Waals surface area contributed by atoms with Crippen molar-refractivity contribution in [2.45, 2.75) is 19.6 Å². The number of fused-ring (bicyclic) bond motifs is 2. The molecule has 0 saturated heterocycles. The van der Waals surface area contributed by atoms with E-state index >= 15 is 0 Å². The van der Waals surface area contributed by atoms with Crippen molar-refractivity contribution in [3.05, 3.63) is 89.4 Å². The normalized spacial score (nSPS) is 13.0. The summed E-state index contributed by atoms with van der Waals surface area (Å²) < 4.78 is 22.5. The highest BCUT2D eigenvalue weighted by atomic mass is 16.5. The lowest BCUT2D eigenvalue weighted by molar-refractivity contribution is 0.0698. The third kappa shape index (κ3) is 4.24. The average molecular weight is 443 g/mol. The van der Waals surface area contributed by atoms with Crippen molar-refractivity contribution in [3.8, 4) is 17.2 Å². The van der Waals surface area contributed by atoms with E-state index in [-0.39, 0.29) is 12.5 Å². The van der Waals surface area contributed by atoms with Crippen LogP contribution in [0.2, 0.25) is 0 Å². The Labute approximate surface area is 192 Å². The van der Waals surface area contributed by atoms with E-state index in [1.54, 1.807) is 31.3 Å². The van der Waals surface area contributed by atoms with Crippen LogP contribution in [-0.2, 0) is 19.6 Å². The molecule has 0 saturated carbocycles. The third-order valence-corrected chi connectivity index (χ3v) is 5.98. The summed E-state index contributed by atoms with van der Waals surface area (Å²) in [7, 11) is 3.24. The molecule has 0 spiro atoms. The van der Waals surface area contributed by atoms with Gasteiger partial charge in [0.15, 0.2) is 17.3 Å². The summed E-state index contributed by atoms with van der Waals surface area (Å²) in [5.74, 6) is 2.92. The van der Waals surface area contributed by atoms with Crippen molar-refractivity contribution in [1.82, 2.24) is 4.90 Å². The highest BCUT2D eigenvalue weighted by Gasteiger charge is 2.25. The molecule has 1 aliphatic heterocycles. The summed E-state index contributed by atoms with van der Waals surface area (Å²) in [5, 5.41) is 2.28. The van der Waals surface area contributed by atoms with Gasteiger partial charge in [-0.1, -0.05) is 30.3 Å². The zero-order valence-corrected chi connectivity index (χ0v) is 18.7. The van der Waals surface area contributed by atoms with Crippen LogP contribution in [0.4, 0.5) is 0 Å². The van der Waals surface area contributed by atoms with Gasteiger partial charge >= 0.3 is 0 Å². The Kier molecular flexibility index (Phi) is 5.65. The lowest BCUT2D eigenvalue weighted by Crippen LogP contribution is -2.35. The van der Waals surface area contributed by atoms with Crippen LogP contribution in [-0.4, -0.2) is 31.6 Å². The predicted molar refractivity (Wildman–Crippen MR) is 125 cm³/mol. The summed E-state index contributed by atoms with van der Waals surface area (Å²) in [6, 6.07) is 21.5. The van der Waals surface area contributed by atoms with Crippen LogP contribution < -0.4 is 14.2 Å². The van der Waals surface area contributed by atoms with Crippen LogP contribution in [0, 0.1) is 0 Å². The number of hydrogen-bond acceptors (Lipinski definition) is 5. The Bertz CT molecular complexity index is 1310. The minimum Gasteiger partial charge on any atom is -0.493 e. The predicted octanol–water partition coefficient (Wildman–Crippen LogP) is 5.23. The highest BCUT2D eigenvalue weighted by Crippen LogP contribution is 2.33. The Morgan fingerprint density at radius 1 is 0.909 bits per heavy atom. The monoisotopic (exact) mass is 443 g/mol. The number of amides is 1. The molecule has 4 aromatic rings. The smallest absolute Gasteiger partial charge is 0.289 e. The first kappa shape index (κ1) is 20.9. The molecule has 168 valence electrons. The summed E-state index contributed by atoms with van der Waals surface area (Å²) in [5.41, 5.74) is 2.22. The molecule has 1 aromatic heterocycles. The molecule has 33 heavy (non-hydrogen) atoms. The Hall–Kier alpha value is -3.93. The van der Waals surface area contributed by atoms with E-state index in [9.17, 15) is 4.79 Å². The molecule has 5 rings (SSSR count). The van der Waals surface area contributed by atoms with Gasteiger partial charge in [0.05, 0.1) is 14.2 Å². The number of carbonyl (C=O) groups is 1. The molecule has 0 atom stereocenters. The molecule has 0 bridgehead atoms. The molecule has 1 aliphatic rings. The quantitative estimate of drug-likeness (QED) is 0.409. The lowest BCUT2D eigenvalue weighted by atomic mass is 9.98. The van der Waals surface area contributed by atoms with Crippen LogP contribution in [0.5, 0.6) is 17.2 Å². The van der Waals surface area contributed by atoms with Crippen LogP contribution in [0.3, 0.4) is 0 Å². The summed E-state index contributed by atoms with van der Waals surface area (Å²) in [6.45, 7) is 1.37. The zero-order valence-electron chi connectivity index (χ0n) is 18.7. The van der Waals surface area contributed by atoms with Gasteiger partial charge in [-0.25, -0.2) is 0 Å². The van der Waals surface area contributed by atoms with E-state index in [1.807, 2.05) is 48.5 Å². The fourth-order valence-corrected chi connectivity index (χ4v) is 4.19. The van der Waals surface area contributed by atoms with E-state index in [1.165, 1.54) is 5.56 Å². The molecular weight excluding hydrogens is 418 g/mol. The number of methoxy groups -OCH3 is 2. The number of carbonyl (C=O) groups excluding carboxylic acids is 1. The molecule has 6 nitrogen and oxygen atoms in total. The first-order valence-corrected chi connectivity index (χ1v) is 10.9. The first-order chi connectivity index (χ1) is 16.1. The lowest BCUT2D eigenvalue weighted by Gasteiger charge is -2.29. The van der Waals surface area contributed by atoms with Crippen molar-refractivity contribution >= 4 is 16.7 Å². The van der Waals surface area contributed by atoms with Crippen molar-refractivity contribution < 1.29 is 23.4 Å². The number of hydrogen-bond donors (Lipinski definition) is 0. The molecule has 1 amide bonds. The summed E-state index contributed by atoms with van der Waals surface area (Å²) in [4.78, 5) is 14.8. The fourth-order valence-electron chi connectivity index (χ4n) is 4.19. The minimum absolute atomic E-state index is 0.132. The van der Waals surface area contributed by atoms with Crippen LogP contribution >= 0.6 is 0 Å². The van der Waals surface area contributed by atoms with Gasteiger partial charge in [-0.3, -0.25) is 4.79 Å². The first-order valence-electron chi connectivity index (χ1n) is 10.9. The van der Waals surface area contributed by atoms with Gasteiger partial charge in [-0.05, 0) is 64.7 Å². The van der Waals surface area contributed by atoms with Gasteiger partial charge in [-0.15, -0.1) is 0 Å². The van der Waals surface area contributed by atoms with Gasteiger partial charge in [0.25, 0.3) is 5.91 Å². The second-order valence-corrected chi connectivity index (χ2v) is 8.02. The number of nitrogens with zero attached hydrogens (tertiary/aromatic N) is 1. The summed E-state index contributed by atoms with van der Waals surface area (Å²) in [6.07, 6.45) is 0.750. The van der Waals surface area contributed by atoms with Crippen molar-refractivity contribution in [1.29, 1.82) is 0 Å². The fraction of sp³-hybridized carbons (Fsp3) is 0.222. The van der Waals surface area contributed by atoms with E-state index in [0.29, 0.717) is 36.1 Å². The minimum atomic E-state index is -0.132. The Balaban J connectivity index is 1.25. The molecule has 6 heteroatoms. The topological polar surface area (TPSA) is 61.1 Å². The number of ether oxygens (including phenoxy) is 3. The van der Waals surface area contributed by atoms with Gasteiger partial charge < -0.3 is 23.5 Å². The molecule has 0 radical (unpaired) electrons. The highest BCUT2D eigenvalue weighted by molar-refractivity contribution is 5.91.